The van der Waals surface area contributed by atoms with Crippen LogP contribution in [0.3, 0.4) is 0 Å². The molecule has 7 nitrogen and oxygen atoms in total. The number of aliphatic hydroxyl groups excluding tert-OH is 1. The lowest BCUT2D eigenvalue weighted by Gasteiger charge is -2.31. The van der Waals surface area contributed by atoms with Gasteiger partial charge in [0.2, 0.25) is 5.91 Å². The first-order valence-corrected chi connectivity index (χ1v) is 13.9. The average molecular weight is 600 g/mol. The van der Waals surface area contributed by atoms with Crippen molar-refractivity contribution in [3.8, 4) is 0 Å². The number of esters is 1. The fraction of sp³-hybridized carbons (Fsp3) is 0.630. The summed E-state index contributed by atoms with van der Waals surface area (Å²) in [6, 6.07) is 7.19. The van der Waals surface area contributed by atoms with Gasteiger partial charge in [0.05, 0.1) is 12.2 Å². The third-order valence-electron chi connectivity index (χ3n) is 6.53. The van der Waals surface area contributed by atoms with E-state index in [9.17, 15) is 9.59 Å². The molecule has 3 atom stereocenters. The zero-order chi connectivity index (χ0) is 25.3. The second-order valence-electron chi connectivity index (χ2n) is 9.32. The number of halogens is 1. The molecule has 1 saturated heterocycles. The van der Waals surface area contributed by atoms with Gasteiger partial charge < -0.3 is 24.6 Å². The Bertz CT molecular complexity index is 861. The Morgan fingerprint density at radius 1 is 1.09 bits per heavy atom. The highest BCUT2D eigenvalue weighted by atomic mass is 127. The van der Waals surface area contributed by atoms with Crippen LogP contribution < -0.4 is 5.32 Å². The highest BCUT2D eigenvalue weighted by molar-refractivity contribution is 14.1. The lowest BCUT2D eigenvalue weighted by Crippen LogP contribution is -2.43. The Hall–Kier alpha value is -1.49. The molecular formula is C27H38INO6. The molecule has 0 aromatic heterocycles. The molecule has 1 aromatic carbocycles. The maximum absolute atomic E-state index is 13.0. The lowest BCUT2D eigenvalue weighted by atomic mass is 9.91. The number of aliphatic hydroxyl groups is 1. The van der Waals surface area contributed by atoms with Gasteiger partial charge in [-0.1, -0.05) is 39.5 Å². The van der Waals surface area contributed by atoms with Gasteiger partial charge in [-0.3, -0.25) is 4.79 Å². The first-order valence-electron chi connectivity index (χ1n) is 12.8. The largest absolute Gasteiger partial charge is 0.456 e. The van der Waals surface area contributed by atoms with E-state index in [1.807, 2.05) is 18.2 Å². The van der Waals surface area contributed by atoms with Crippen molar-refractivity contribution in [2.75, 3.05) is 13.2 Å². The number of carbonyl (C=O) groups is 2. The molecule has 35 heavy (non-hydrogen) atoms. The smallest absolute Gasteiger partial charge is 0.338 e. The van der Waals surface area contributed by atoms with Crippen molar-refractivity contribution in [1.29, 1.82) is 0 Å². The molecule has 1 aliphatic heterocycles. The number of benzene rings is 1. The van der Waals surface area contributed by atoms with Gasteiger partial charge in [-0.2, -0.15) is 0 Å². The second kappa shape index (κ2) is 13.7. The number of amides is 1. The first kappa shape index (κ1) is 28.1. The van der Waals surface area contributed by atoms with Crippen LogP contribution in [-0.2, 0) is 19.0 Å². The van der Waals surface area contributed by atoms with E-state index in [1.165, 1.54) is 0 Å². The average Bonchev–Trinajstić information content (AvgIpc) is 3.22. The Labute approximate surface area is 222 Å². The van der Waals surface area contributed by atoms with Crippen LogP contribution in [0.15, 0.2) is 35.9 Å². The highest BCUT2D eigenvalue weighted by Crippen LogP contribution is 2.43. The van der Waals surface area contributed by atoms with Crippen LogP contribution in [0.2, 0.25) is 0 Å². The van der Waals surface area contributed by atoms with Gasteiger partial charge in [0, 0.05) is 35.0 Å². The quantitative estimate of drug-likeness (QED) is 0.191. The van der Waals surface area contributed by atoms with Crippen LogP contribution in [0.25, 0.3) is 0 Å². The zero-order valence-electron chi connectivity index (χ0n) is 20.8. The summed E-state index contributed by atoms with van der Waals surface area (Å²) < 4.78 is 20.1. The monoisotopic (exact) mass is 599 g/mol. The van der Waals surface area contributed by atoms with Gasteiger partial charge in [0.1, 0.15) is 18.3 Å². The Balaban J connectivity index is 1.83. The molecule has 0 bridgehead atoms. The number of nitrogens with one attached hydrogen (secondary N) is 1. The number of fused-ring (bicyclic) bond motifs is 1. The van der Waals surface area contributed by atoms with Crippen LogP contribution in [0, 0.1) is 3.57 Å². The molecule has 1 heterocycles. The summed E-state index contributed by atoms with van der Waals surface area (Å²) >= 11 is 2.19. The molecule has 1 aromatic rings. The van der Waals surface area contributed by atoms with E-state index in [4.69, 9.17) is 19.3 Å². The summed E-state index contributed by atoms with van der Waals surface area (Å²) in [7, 11) is 0. The molecular weight excluding hydrogens is 561 g/mol. The standard InChI is InChI=1S/C27H38INO6/c1-3-5-7-13-27(14-8-6-4-2)34-23-18-20(25(31)29-15-16-30)17-22(24(23)35-27)33-26(32)19-9-11-21(28)12-10-19/h9-12,18,22-24,30H,3-8,13-17H2,1-2H3,(H,29,31). The molecule has 0 spiro atoms. The van der Waals surface area contributed by atoms with E-state index in [-0.39, 0.29) is 25.5 Å². The number of hydrogen-bond donors (Lipinski definition) is 2. The molecule has 1 fully saturated rings. The van der Waals surface area contributed by atoms with Crippen molar-refractivity contribution < 1.29 is 28.9 Å². The van der Waals surface area contributed by atoms with Crippen molar-refractivity contribution in [3.05, 3.63) is 45.0 Å². The van der Waals surface area contributed by atoms with Gasteiger partial charge >= 0.3 is 5.97 Å². The Kier molecular flexibility index (Phi) is 11.0. The van der Waals surface area contributed by atoms with E-state index in [2.05, 4.69) is 41.8 Å². The molecule has 1 amide bonds. The fourth-order valence-corrected chi connectivity index (χ4v) is 5.03. The van der Waals surface area contributed by atoms with E-state index >= 15 is 0 Å². The summed E-state index contributed by atoms with van der Waals surface area (Å²) in [5, 5.41) is 11.8. The second-order valence-corrected chi connectivity index (χ2v) is 10.6. The molecule has 0 radical (unpaired) electrons. The number of rotatable bonds is 13. The topological polar surface area (TPSA) is 94.1 Å². The minimum absolute atomic E-state index is 0.145. The van der Waals surface area contributed by atoms with Crippen LogP contribution in [-0.4, -0.2) is 54.2 Å². The molecule has 1 aliphatic carbocycles. The number of ether oxygens (including phenoxy) is 3. The fourth-order valence-electron chi connectivity index (χ4n) is 4.67. The maximum atomic E-state index is 13.0. The Morgan fingerprint density at radius 2 is 1.74 bits per heavy atom. The van der Waals surface area contributed by atoms with Crippen molar-refractivity contribution in [2.45, 2.75) is 95.7 Å². The third kappa shape index (κ3) is 7.74. The van der Waals surface area contributed by atoms with Crippen LogP contribution >= 0.6 is 22.6 Å². The predicted molar refractivity (Wildman–Crippen MR) is 142 cm³/mol. The van der Waals surface area contributed by atoms with Gasteiger partial charge in [-0.15, -0.1) is 0 Å². The third-order valence-corrected chi connectivity index (χ3v) is 7.25. The Morgan fingerprint density at radius 3 is 2.34 bits per heavy atom. The van der Waals surface area contributed by atoms with Gasteiger partial charge in [0.15, 0.2) is 5.79 Å². The number of hydrogen-bond acceptors (Lipinski definition) is 6. The zero-order valence-corrected chi connectivity index (χ0v) is 22.9. The minimum Gasteiger partial charge on any atom is -0.456 e. The van der Waals surface area contributed by atoms with Gasteiger partial charge in [-0.25, -0.2) is 4.79 Å². The molecule has 0 saturated carbocycles. The van der Waals surface area contributed by atoms with Crippen molar-refractivity contribution in [3.63, 3.8) is 0 Å². The van der Waals surface area contributed by atoms with Crippen molar-refractivity contribution >= 4 is 34.5 Å². The normalized spacial score (nSPS) is 22.9. The van der Waals surface area contributed by atoms with Crippen molar-refractivity contribution in [2.24, 2.45) is 0 Å². The summed E-state index contributed by atoms with van der Waals surface area (Å²) in [5.41, 5.74) is 0.945. The predicted octanol–water partition coefficient (Wildman–Crippen LogP) is 4.90. The molecule has 194 valence electrons. The van der Waals surface area contributed by atoms with Crippen LogP contribution in [0.4, 0.5) is 0 Å². The number of carbonyl (C=O) groups excluding carboxylic acids is 2. The highest BCUT2D eigenvalue weighted by Gasteiger charge is 2.52. The SMILES string of the molecule is CCCCCC1(CCCCC)OC2C=C(C(=O)NCCO)CC(OC(=O)c3ccc(I)cc3)C2O1. The van der Waals surface area contributed by atoms with Crippen molar-refractivity contribution in [1.82, 2.24) is 5.32 Å². The molecule has 3 unspecified atom stereocenters. The van der Waals surface area contributed by atoms with Crippen LogP contribution in [0.1, 0.15) is 82.0 Å². The van der Waals surface area contributed by atoms with Gasteiger partial charge in [0.25, 0.3) is 0 Å². The summed E-state index contributed by atoms with van der Waals surface area (Å²) in [6.07, 6.45) is 8.36. The molecule has 2 aliphatic rings. The van der Waals surface area contributed by atoms with E-state index in [1.54, 1.807) is 12.1 Å². The lowest BCUT2D eigenvalue weighted by molar-refractivity contribution is -0.190. The molecule has 3 rings (SSSR count). The van der Waals surface area contributed by atoms with E-state index in [0.29, 0.717) is 11.1 Å². The number of unbranched alkanes of at least 4 members (excludes halogenated alkanes) is 4. The first-order chi connectivity index (χ1) is 16.9. The molecule has 2 N–H and O–H groups in total. The summed E-state index contributed by atoms with van der Waals surface area (Å²) in [5.74, 6) is -1.47. The molecule has 8 heteroatoms. The summed E-state index contributed by atoms with van der Waals surface area (Å²) in [6.45, 7) is 4.35. The minimum atomic E-state index is -0.735. The van der Waals surface area contributed by atoms with E-state index in [0.717, 1.165) is 54.9 Å². The van der Waals surface area contributed by atoms with Crippen LogP contribution in [0.5, 0.6) is 0 Å². The van der Waals surface area contributed by atoms with E-state index < -0.39 is 30.1 Å². The van der Waals surface area contributed by atoms with Gasteiger partial charge in [-0.05, 0) is 65.8 Å². The summed E-state index contributed by atoms with van der Waals surface area (Å²) in [4.78, 5) is 25.7. The maximum Gasteiger partial charge on any atom is 0.338 e.